The molecule has 2 rings (SSSR count). The maximum atomic E-state index is 10.6. The Morgan fingerprint density at radius 1 is 1.57 bits per heavy atom. The summed E-state index contributed by atoms with van der Waals surface area (Å²) in [5.74, 6) is 0. The van der Waals surface area contributed by atoms with Gasteiger partial charge in [0.25, 0.3) is 0 Å². The van der Waals surface area contributed by atoms with Crippen molar-refractivity contribution in [3.8, 4) is 0 Å². The second kappa shape index (κ2) is 3.26. The zero-order valence-electron chi connectivity index (χ0n) is 7.57. The van der Waals surface area contributed by atoms with Crippen molar-refractivity contribution in [3.05, 3.63) is 23.8 Å². The summed E-state index contributed by atoms with van der Waals surface area (Å²) in [6.45, 7) is 2.01. The normalized spacial score (nSPS) is 10.4. The fourth-order valence-electron chi connectivity index (χ4n) is 1.19. The molecule has 0 bridgehead atoms. The van der Waals surface area contributed by atoms with Crippen LogP contribution in [0.3, 0.4) is 0 Å². The predicted molar refractivity (Wildman–Crippen MR) is 57.6 cm³/mol. The van der Waals surface area contributed by atoms with Gasteiger partial charge in [0.1, 0.15) is 0 Å². The highest BCUT2D eigenvalue weighted by Gasteiger charge is 2.04. The molecule has 0 unspecified atom stereocenters. The van der Waals surface area contributed by atoms with E-state index in [1.165, 1.54) is 16.9 Å². The molecule has 2 amide bonds. The molecule has 0 aliphatic rings. The Morgan fingerprint density at radius 3 is 3.07 bits per heavy atom. The summed E-state index contributed by atoms with van der Waals surface area (Å²) in [6.07, 6.45) is 0. The molecular weight excluding hydrogens is 198 g/mol. The average Bonchev–Trinajstić information content (AvgIpc) is 2.44. The summed E-state index contributed by atoms with van der Waals surface area (Å²) in [5, 5.41) is 3.00. The number of nitrogens with two attached hydrogens (primary N) is 1. The van der Waals surface area contributed by atoms with Crippen LogP contribution in [0.1, 0.15) is 5.56 Å². The van der Waals surface area contributed by atoms with Crippen LogP contribution in [0.5, 0.6) is 0 Å². The Morgan fingerprint density at radius 2 is 2.36 bits per heavy atom. The van der Waals surface area contributed by atoms with Gasteiger partial charge in [-0.25, -0.2) is 9.78 Å². The van der Waals surface area contributed by atoms with Crippen LogP contribution in [-0.2, 0) is 0 Å². The van der Waals surface area contributed by atoms with E-state index < -0.39 is 6.03 Å². The summed E-state index contributed by atoms with van der Waals surface area (Å²) < 4.78 is 1.05. The number of aromatic nitrogens is 1. The molecule has 0 atom stereocenters. The number of thiazole rings is 1. The number of anilines is 1. The lowest BCUT2D eigenvalue weighted by Crippen LogP contribution is -2.18. The smallest absolute Gasteiger partial charge is 0.318 e. The number of nitrogens with one attached hydrogen (secondary N) is 1. The summed E-state index contributed by atoms with van der Waals surface area (Å²) in [6, 6.07) is 5.35. The van der Waals surface area contributed by atoms with Crippen molar-refractivity contribution >= 4 is 32.7 Å². The first-order valence-electron chi connectivity index (χ1n) is 4.09. The summed E-state index contributed by atoms with van der Waals surface area (Å²) in [5.41, 5.74) is 7.04. The maximum absolute atomic E-state index is 10.6. The number of aryl methyl sites for hydroxylation is 1. The van der Waals surface area contributed by atoms with Crippen LogP contribution in [0.15, 0.2) is 18.2 Å². The van der Waals surface area contributed by atoms with Crippen molar-refractivity contribution in [3.63, 3.8) is 0 Å². The fourth-order valence-corrected chi connectivity index (χ4v) is 2.16. The molecule has 0 saturated heterocycles. The van der Waals surface area contributed by atoms with E-state index in [9.17, 15) is 4.79 Å². The fraction of sp³-hybridized carbons (Fsp3) is 0.111. The highest BCUT2D eigenvalue weighted by molar-refractivity contribution is 7.22. The molecule has 72 valence electrons. The van der Waals surface area contributed by atoms with Gasteiger partial charge in [-0.1, -0.05) is 17.4 Å². The van der Waals surface area contributed by atoms with Crippen molar-refractivity contribution in [2.45, 2.75) is 6.92 Å². The van der Waals surface area contributed by atoms with Gasteiger partial charge in [0.05, 0.1) is 10.2 Å². The minimum Gasteiger partial charge on any atom is -0.351 e. The van der Waals surface area contributed by atoms with Gasteiger partial charge in [0.2, 0.25) is 0 Å². The van der Waals surface area contributed by atoms with Gasteiger partial charge in [-0.2, -0.15) is 0 Å². The number of hydrogen-bond acceptors (Lipinski definition) is 3. The molecular formula is C9H9N3OS. The number of fused-ring (bicyclic) bond motifs is 1. The van der Waals surface area contributed by atoms with E-state index in [0.717, 1.165) is 10.2 Å². The van der Waals surface area contributed by atoms with Crippen molar-refractivity contribution in [1.29, 1.82) is 0 Å². The molecule has 0 saturated carbocycles. The quantitative estimate of drug-likeness (QED) is 0.751. The van der Waals surface area contributed by atoms with E-state index >= 15 is 0 Å². The zero-order chi connectivity index (χ0) is 10.1. The molecule has 14 heavy (non-hydrogen) atoms. The second-order valence-corrected chi connectivity index (χ2v) is 4.01. The van der Waals surface area contributed by atoms with E-state index in [4.69, 9.17) is 5.73 Å². The van der Waals surface area contributed by atoms with Gasteiger partial charge in [-0.05, 0) is 24.6 Å². The molecule has 1 aromatic carbocycles. The number of hydrogen-bond donors (Lipinski definition) is 2. The molecule has 0 aliphatic heterocycles. The molecule has 1 heterocycles. The maximum Gasteiger partial charge on any atom is 0.318 e. The van der Waals surface area contributed by atoms with Crippen LogP contribution in [0.4, 0.5) is 9.93 Å². The van der Waals surface area contributed by atoms with Crippen LogP contribution < -0.4 is 11.1 Å². The second-order valence-electron chi connectivity index (χ2n) is 2.98. The molecule has 0 spiro atoms. The minimum absolute atomic E-state index is 0.540. The molecule has 0 radical (unpaired) electrons. The van der Waals surface area contributed by atoms with E-state index in [1.807, 2.05) is 25.1 Å². The largest absolute Gasteiger partial charge is 0.351 e. The molecule has 4 nitrogen and oxygen atoms in total. The lowest BCUT2D eigenvalue weighted by Gasteiger charge is -1.91. The van der Waals surface area contributed by atoms with Crippen molar-refractivity contribution in [2.24, 2.45) is 5.73 Å². The van der Waals surface area contributed by atoms with Gasteiger partial charge in [-0.15, -0.1) is 0 Å². The predicted octanol–water partition coefficient (Wildman–Crippen LogP) is 2.10. The standard InChI is InChI=1S/C9H9N3OS/c1-5-2-3-6-7(4-5)14-9(11-6)12-8(10)13/h2-4H,1H3,(H3,10,11,12,13). The lowest BCUT2D eigenvalue weighted by atomic mass is 10.2. The molecule has 0 aliphatic carbocycles. The van der Waals surface area contributed by atoms with E-state index in [-0.39, 0.29) is 0 Å². The Balaban J connectivity index is 2.46. The van der Waals surface area contributed by atoms with E-state index in [1.54, 1.807) is 0 Å². The first kappa shape index (κ1) is 8.96. The van der Waals surface area contributed by atoms with Crippen molar-refractivity contribution in [1.82, 2.24) is 4.98 Å². The van der Waals surface area contributed by atoms with Crippen molar-refractivity contribution < 1.29 is 4.79 Å². The first-order chi connectivity index (χ1) is 6.65. The zero-order valence-corrected chi connectivity index (χ0v) is 8.39. The minimum atomic E-state index is -0.583. The topological polar surface area (TPSA) is 68.0 Å². The van der Waals surface area contributed by atoms with Crippen LogP contribution in [0.25, 0.3) is 10.2 Å². The number of carbonyl (C=O) groups excluding carboxylic acids is 1. The molecule has 0 fully saturated rings. The Bertz CT molecular complexity index is 492. The first-order valence-corrected chi connectivity index (χ1v) is 4.90. The SMILES string of the molecule is Cc1ccc2nc(NC(N)=O)sc2c1. The molecule has 3 N–H and O–H groups in total. The summed E-state index contributed by atoms with van der Waals surface area (Å²) in [7, 11) is 0. The van der Waals surface area contributed by atoms with E-state index in [0.29, 0.717) is 5.13 Å². The average molecular weight is 207 g/mol. The molecule has 1 aromatic heterocycles. The number of amides is 2. The van der Waals surface area contributed by atoms with Gasteiger partial charge in [0.15, 0.2) is 5.13 Å². The number of benzene rings is 1. The van der Waals surface area contributed by atoms with E-state index in [2.05, 4.69) is 10.3 Å². The summed E-state index contributed by atoms with van der Waals surface area (Å²) in [4.78, 5) is 14.8. The van der Waals surface area contributed by atoms with Gasteiger partial charge in [0, 0.05) is 0 Å². The van der Waals surface area contributed by atoms with Crippen LogP contribution in [0.2, 0.25) is 0 Å². The number of urea groups is 1. The highest BCUT2D eigenvalue weighted by atomic mass is 32.1. The number of rotatable bonds is 1. The van der Waals surface area contributed by atoms with Crippen molar-refractivity contribution in [2.75, 3.05) is 5.32 Å². The van der Waals surface area contributed by atoms with Crippen LogP contribution in [0, 0.1) is 6.92 Å². The Hall–Kier alpha value is -1.62. The lowest BCUT2D eigenvalue weighted by molar-refractivity contribution is 0.259. The number of carbonyl (C=O) groups is 1. The third-order valence-corrected chi connectivity index (χ3v) is 2.71. The third-order valence-electron chi connectivity index (χ3n) is 1.77. The highest BCUT2D eigenvalue weighted by Crippen LogP contribution is 2.26. The Kier molecular flexibility index (Phi) is 2.09. The number of nitrogens with zero attached hydrogens (tertiary/aromatic N) is 1. The number of primary amides is 1. The molecule has 2 aromatic rings. The summed E-state index contributed by atoms with van der Waals surface area (Å²) >= 11 is 1.42. The van der Waals surface area contributed by atoms with Crippen LogP contribution >= 0.6 is 11.3 Å². The third kappa shape index (κ3) is 1.67. The van der Waals surface area contributed by atoms with Gasteiger partial charge < -0.3 is 5.73 Å². The van der Waals surface area contributed by atoms with Gasteiger partial charge >= 0.3 is 6.03 Å². The Labute approximate surface area is 84.8 Å². The molecule has 5 heteroatoms. The monoisotopic (exact) mass is 207 g/mol. The van der Waals surface area contributed by atoms with Crippen LogP contribution in [-0.4, -0.2) is 11.0 Å². The van der Waals surface area contributed by atoms with Gasteiger partial charge in [-0.3, -0.25) is 5.32 Å².